The number of hydrogen-bond acceptors (Lipinski definition) is 5. The topological polar surface area (TPSA) is 103 Å². The molecule has 0 aliphatic rings. The maximum atomic E-state index is 14.1. The number of nitro benzene ring substituents is 1. The second-order valence-electron chi connectivity index (χ2n) is 4.77. The number of hydrogen-bond donors (Lipinski definition) is 1. The van der Waals surface area contributed by atoms with Crippen LogP contribution in [0.15, 0.2) is 55.1 Å². The second kappa shape index (κ2) is 6.24. The van der Waals surface area contributed by atoms with Crippen LogP contribution >= 0.6 is 0 Å². The molecule has 0 aliphatic heterocycles. The number of anilines is 1. The molecule has 1 amide bonds. The van der Waals surface area contributed by atoms with Crippen molar-refractivity contribution in [3.63, 3.8) is 0 Å². The van der Waals surface area contributed by atoms with Gasteiger partial charge < -0.3 is 5.32 Å². The van der Waals surface area contributed by atoms with E-state index in [4.69, 9.17) is 0 Å². The molecular formula is C15H10FN5O3. The van der Waals surface area contributed by atoms with E-state index in [1.54, 1.807) is 0 Å². The van der Waals surface area contributed by atoms with E-state index in [1.165, 1.54) is 47.7 Å². The van der Waals surface area contributed by atoms with Crippen LogP contribution in [0.4, 0.5) is 15.8 Å². The Hall–Kier alpha value is -3.62. The van der Waals surface area contributed by atoms with E-state index in [2.05, 4.69) is 15.4 Å². The maximum Gasteiger partial charge on any atom is 0.270 e. The Labute approximate surface area is 134 Å². The number of benzene rings is 2. The third-order valence-electron chi connectivity index (χ3n) is 3.19. The number of nitro groups is 1. The van der Waals surface area contributed by atoms with Crippen LogP contribution in [0.3, 0.4) is 0 Å². The number of carbonyl (C=O) groups is 1. The van der Waals surface area contributed by atoms with Gasteiger partial charge in [-0.15, -0.1) is 0 Å². The van der Waals surface area contributed by atoms with Crippen LogP contribution in [0.25, 0.3) is 5.69 Å². The average molecular weight is 327 g/mol. The first kappa shape index (κ1) is 15.3. The SMILES string of the molecule is O=C(Nc1ccc(-n2cncn2)c(F)c1)c1cccc([N+](=O)[O-])c1. The van der Waals surface area contributed by atoms with Gasteiger partial charge in [0.1, 0.15) is 18.3 Å². The molecule has 1 heterocycles. The lowest BCUT2D eigenvalue weighted by Crippen LogP contribution is -2.12. The molecule has 9 heteroatoms. The number of nitrogens with one attached hydrogen (secondary N) is 1. The lowest BCUT2D eigenvalue weighted by Gasteiger charge is -2.08. The molecule has 3 rings (SSSR count). The van der Waals surface area contributed by atoms with Crippen molar-refractivity contribution in [1.82, 2.24) is 14.8 Å². The zero-order chi connectivity index (χ0) is 17.1. The molecule has 0 atom stereocenters. The standard InChI is InChI=1S/C15H10FN5O3/c16-13-7-11(4-5-14(13)20-9-17-8-18-20)19-15(22)10-2-1-3-12(6-10)21(23)24/h1-9H,(H,19,22). The maximum absolute atomic E-state index is 14.1. The van der Waals surface area contributed by atoms with Crippen LogP contribution in [-0.4, -0.2) is 25.6 Å². The summed E-state index contributed by atoms with van der Waals surface area (Å²) in [5, 5.41) is 17.1. The van der Waals surface area contributed by atoms with Crippen molar-refractivity contribution in [2.24, 2.45) is 0 Å². The fraction of sp³-hybridized carbons (Fsp3) is 0. The van der Waals surface area contributed by atoms with E-state index in [-0.39, 0.29) is 22.6 Å². The summed E-state index contributed by atoms with van der Waals surface area (Å²) in [6.07, 6.45) is 2.62. The smallest absolute Gasteiger partial charge is 0.270 e. The van der Waals surface area contributed by atoms with Gasteiger partial charge in [0.15, 0.2) is 5.82 Å². The minimum absolute atomic E-state index is 0.102. The van der Waals surface area contributed by atoms with Gasteiger partial charge in [-0.1, -0.05) is 6.07 Å². The predicted octanol–water partition coefficient (Wildman–Crippen LogP) is 2.57. The van der Waals surface area contributed by atoms with E-state index in [0.717, 1.165) is 12.1 Å². The van der Waals surface area contributed by atoms with Crippen LogP contribution in [0.5, 0.6) is 0 Å². The number of halogens is 1. The van der Waals surface area contributed by atoms with E-state index in [0.29, 0.717) is 0 Å². The van der Waals surface area contributed by atoms with Crippen LogP contribution in [0, 0.1) is 15.9 Å². The van der Waals surface area contributed by atoms with E-state index >= 15 is 0 Å². The molecule has 1 aromatic heterocycles. The molecular weight excluding hydrogens is 317 g/mol. The highest BCUT2D eigenvalue weighted by Crippen LogP contribution is 2.19. The van der Waals surface area contributed by atoms with Gasteiger partial charge >= 0.3 is 0 Å². The summed E-state index contributed by atoms with van der Waals surface area (Å²) in [6, 6.07) is 9.33. The number of aromatic nitrogens is 3. The van der Waals surface area contributed by atoms with Gasteiger partial charge in [-0.25, -0.2) is 14.1 Å². The number of carbonyl (C=O) groups excluding carboxylic acids is 1. The van der Waals surface area contributed by atoms with Crippen molar-refractivity contribution in [2.75, 3.05) is 5.32 Å². The van der Waals surface area contributed by atoms with Gasteiger partial charge in [-0.3, -0.25) is 14.9 Å². The number of amides is 1. The second-order valence-corrected chi connectivity index (χ2v) is 4.77. The molecule has 0 bridgehead atoms. The Morgan fingerprint density at radius 2 is 2.08 bits per heavy atom. The molecule has 0 radical (unpaired) electrons. The molecule has 0 fully saturated rings. The van der Waals surface area contributed by atoms with Crippen LogP contribution in [0.2, 0.25) is 0 Å². The highest BCUT2D eigenvalue weighted by atomic mass is 19.1. The fourth-order valence-corrected chi connectivity index (χ4v) is 2.07. The zero-order valence-electron chi connectivity index (χ0n) is 12.1. The summed E-state index contributed by atoms with van der Waals surface area (Å²) in [5.41, 5.74) is 0.300. The van der Waals surface area contributed by atoms with E-state index < -0.39 is 16.6 Å². The van der Waals surface area contributed by atoms with E-state index in [1.807, 2.05) is 0 Å². The summed E-state index contributed by atoms with van der Waals surface area (Å²) in [6.45, 7) is 0. The van der Waals surface area contributed by atoms with Gasteiger partial charge in [-0.05, 0) is 24.3 Å². The first-order valence-corrected chi connectivity index (χ1v) is 6.75. The molecule has 0 saturated carbocycles. The number of non-ortho nitro benzene ring substituents is 1. The number of rotatable bonds is 4. The molecule has 0 spiro atoms. The summed E-state index contributed by atoms with van der Waals surface area (Å²) >= 11 is 0. The largest absolute Gasteiger partial charge is 0.322 e. The minimum atomic E-state index is -0.600. The quantitative estimate of drug-likeness (QED) is 0.586. The molecule has 8 nitrogen and oxygen atoms in total. The van der Waals surface area contributed by atoms with Gasteiger partial charge in [0, 0.05) is 23.4 Å². The van der Waals surface area contributed by atoms with Crippen LogP contribution < -0.4 is 5.32 Å². The Balaban J connectivity index is 1.81. The third kappa shape index (κ3) is 3.09. The van der Waals surface area contributed by atoms with Crippen molar-refractivity contribution in [2.45, 2.75) is 0 Å². The molecule has 120 valence electrons. The third-order valence-corrected chi connectivity index (χ3v) is 3.19. The molecule has 0 saturated heterocycles. The number of nitrogens with zero attached hydrogens (tertiary/aromatic N) is 4. The van der Waals surface area contributed by atoms with Crippen molar-refractivity contribution in [3.05, 3.63) is 76.6 Å². The highest BCUT2D eigenvalue weighted by Gasteiger charge is 2.13. The lowest BCUT2D eigenvalue weighted by atomic mass is 10.2. The highest BCUT2D eigenvalue weighted by molar-refractivity contribution is 6.04. The Morgan fingerprint density at radius 1 is 1.25 bits per heavy atom. The van der Waals surface area contributed by atoms with E-state index in [9.17, 15) is 19.3 Å². The Bertz CT molecular complexity index is 911. The lowest BCUT2D eigenvalue weighted by molar-refractivity contribution is -0.384. The molecule has 2 aromatic carbocycles. The monoisotopic (exact) mass is 327 g/mol. The molecule has 0 unspecified atom stereocenters. The predicted molar refractivity (Wildman–Crippen MR) is 82.4 cm³/mol. The van der Waals surface area contributed by atoms with Crippen molar-refractivity contribution in [1.29, 1.82) is 0 Å². The molecule has 3 aromatic rings. The fourth-order valence-electron chi connectivity index (χ4n) is 2.07. The summed E-state index contributed by atoms with van der Waals surface area (Å²) in [5.74, 6) is -1.18. The Morgan fingerprint density at radius 3 is 2.75 bits per heavy atom. The zero-order valence-corrected chi connectivity index (χ0v) is 12.1. The van der Waals surface area contributed by atoms with Gasteiger partial charge in [0.2, 0.25) is 0 Å². The summed E-state index contributed by atoms with van der Waals surface area (Å²) < 4.78 is 15.4. The van der Waals surface area contributed by atoms with Gasteiger partial charge in [-0.2, -0.15) is 5.10 Å². The van der Waals surface area contributed by atoms with Crippen molar-refractivity contribution < 1.29 is 14.1 Å². The van der Waals surface area contributed by atoms with Crippen LogP contribution in [-0.2, 0) is 0 Å². The average Bonchev–Trinajstić information content (AvgIpc) is 3.09. The van der Waals surface area contributed by atoms with Crippen LogP contribution in [0.1, 0.15) is 10.4 Å². The minimum Gasteiger partial charge on any atom is -0.322 e. The van der Waals surface area contributed by atoms with Gasteiger partial charge in [0.05, 0.1) is 4.92 Å². The summed E-state index contributed by atoms with van der Waals surface area (Å²) in [4.78, 5) is 26.0. The molecule has 0 aliphatic carbocycles. The van der Waals surface area contributed by atoms with Crippen molar-refractivity contribution >= 4 is 17.3 Å². The Kier molecular flexibility index (Phi) is 3.98. The first-order valence-electron chi connectivity index (χ1n) is 6.75. The molecule has 1 N–H and O–H groups in total. The summed E-state index contributed by atoms with van der Waals surface area (Å²) in [7, 11) is 0. The normalized spacial score (nSPS) is 10.4. The molecule has 24 heavy (non-hydrogen) atoms. The van der Waals surface area contributed by atoms with Gasteiger partial charge in [0.25, 0.3) is 11.6 Å². The van der Waals surface area contributed by atoms with Crippen molar-refractivity contribution in [3.8, 4) is 5.69 Å². The first-order chi connectivity index (χ1) is 11.5.